The molecule has 41 heavy (non-hydrogen) atoms. The van der Waals surface area contributed by atoms with E-state index in [-0.39, 0.29) is 37.3 Å². The van der Waals surface area contributed by atoms with Crippen LogP contribution in [0.5, 0.6) is 0 Å². The normalized spacial score (nSPS) is 18.6. The van der Waals surface area contributed by atoms with Crippen molar-refractivity contribution in [1.29, 1.82) is 0 Å². The van der Waals surface area contributed by atoms with Gasteiger partial charge in [0.2, 0.25) is 17.7 Å². The monoisotopic (exact) mass is 572 g/mol. The molecule has 0 unspecified atom stereocenters. The third kappa shape index (κ3) is 7.78. The second kappa shape index (κ2) is 12.6. The number of carbonyl (C=O) groups is 3. The van der Waals surface area contributed by atoms with Gasteiger partial charge in [-0.3, -0.25) is 19.4 Å². The third-order valence-corrected chi connectivity index (χ3v) is 7.06. The average molecular weight is 573 g/mol. The number of nitrogens with one attached hydrogen (secondary N) is 2. The molecule has 4 rings (SSSR count). The van der Waals surface area contributed by atoms with Crippen LogP contribution < -0.4 is 27.8 Å². The number of rotatable bonds is 9. The Morgan fingerprint density at radius 1 is 1.07 bits per heavy atom. The van der Waals surface area contributed by atoms with Crippen molar-refractivity contribution in [3.05, 3.63) is 71.9 Å². The fourth-order valence-corrected chi connectivity index (χ4v) is 4.59. The molecule has 3 aromatic rings. The van der Waals surface area contributed by atoms with Crippen molar-refractivity contribution in [3.63, 3.8) is 0 Å². The molecule has 10 nitrogen and oxygen atoms in total. The van der Waals surface area contributed by atoms with Gasteiger partial charge in [-0.05, 0) is 36.2 Å². The molecule has 13 heteroatoms. The molecule has 218 valence electrons. The van der Waals surface area contributed by atoms with Crippen LogP contribution in [0.2, 0.25) is 0 Å². The largest absolute Gasteiger partial charge is 0.416 e. The smallest absolute Gasteiger partial charge is 0.352 e. The second-order valence-electron chi connectivity index (χ2n) is 10.2. The maximum absolute atomic E-state index is 13.3. The summed E-state index contributed by atoms with van der Waals surface area (Å²) in [5.74, 6) is -1.47. The van der Waals surface area contributed by atoms with Crippen molar-refractivity contribution in [2.24, 2.45) is 11.5 Å². The summed E-state index contributed by atoms with van der Waals surface area (Å²) in [6.45, 7) is 0.813. The van der Waals surface area contributed by atoms with E-state index in [9.17, 15) is 27.6 Å². The fraction of sp³-hybridized carbons (Fsp3) is 0.357. The number of fused-ring (bicyclic) bond motifs is 1. The molecule has 4 atom stereocenters. The van der Waals surface area contributed by atoms with Gasteiger partial charge >= 0.3 is 6.18 Å². The molecule has 2 heterocycles. The zero-order chi connectivity index (χ0) is 29.7. The maximum Gasteiger partial charge on any atom is 0.416 e. The molecule has 1 aliphatic heterocycles. The minimum atomic E-state index is -4.51. The van der Waals surface area contributed by atoms with Crippen LogP contribution in [0.4, 0.5) is 18.9 Å². The Morgan fingerprint density at radius 3 is 2.44 bits per heavy atom. The van der Waals surface area contributed by atoms with Gasteiger partial charge in [0.05, 0.1) is 41.6 Å². The first kappa shape index (κ1) is 29.9. The van der Waals surface area contributed by atoms with E-state index in [1.54, 1.807) is 11.0 Å². The zero-order valence-corrected chi connectivity index (χ0v) is 22.2. The Morgan fingerprint density at radius 2 is 1.78 bits per heavy atom. The highest BCUT2D eigenvalue weighted by molar-refractivity contribution is 5.99. The zero-order valence-electron chi connectivity index (χ0n) is 22.2. The summed E-state index contributed by atoms with van der Waals surface area (Å²) in [7, 11) is 0. The first-order valence-corrected chi connectivity index (χ1v) is 13.1. The van der Waals surface area contributed by atoms with E-state index < -0.39 is 35.6 Å². The number of hydrogen-bond donors (Lipinski definition) is 5. The summed E-state index contributed by atoms with van der Waals surface area (Å²) >= 11 is 0. The molecule has 1 aromatic heterocycles. The Bertz CT molecular complexity index is 1390. The van der Waals surface area contributed by atoms with E-state index in [1.165, 1.54) is 18.3 Å². The predicted molar refractivity (Wildman–Crippen MR) is 146 cm³/mol. The van der Waals surface area contributed by atoms with E-state index in [1.807, 2.05) is 24.3 Å². The average Bonchev–Trinajstić information content (AvgIpc) is 3.28. The first-order valence-electron chi connectivity index (χ1n) is 13.1. The van der Waals surface area contributed by atoms with Crippen molar-refractivity contribution < 1.29 is 33.3 Å². The second-order valence-corrected chi connectivity index (χ2v) is 10.2. The number of nitrogens with zero attached hydrogens (tertiary/aromatic N) is 2. The van der Waals surface area contributed by atoms with Gasteiger partial charge in [0.25, 0.3) is 0 Å². The number of quaternary nitrogens is 1. The van der Waals surface area contributed by atoms with Gasteiger partial charge < -0.3 is 32.7 Å². The number of aromatic nitrogens is 1. The molecular formula is C28H33F3N7O3+. The summed E-state index contributed by atoms with van der Waals surface area (Å²) in [5, 5.41) is 6.10. The lowest BCUT2D eigenvalue weighted by molar-refractivity contribution is -0.416. The molecule has 2 aromatic carbocycles. The van der Waals surface area contributed by atoms with Gasteiger partial charge in [-0.25, -0.2) is 0 Å². The van der Waals surface area contributed by atoms with Gasteiger partial charge in [-0.2, -0.15) is 13.2 Å². The molecule has 0 bridgehead atoms. The molecule has 1 fully saturated rings. The Balaban J connectivity index is 1.44. The van der Waals surface area contributed by atoms with Crippen molar-refractivity contribution in [3.8, 4) is 0 Å². The topological polar surface area (TPSA) is 171 Å². The van der Waals surface area contributed by atoms with E-state index in [4.69, 9.17) is 11.5 Å². The Hall–Kier alpha value is -4.07. The van der Waals surface area contributed by atoms with Gasteiger partial charge in [-0.15, -0.1) is 0 Å². The van der Waals surface area contributed by atoms with Crippen LogP contribution in [0.1, 0.15) is 24.0 Å². The van der Waals surface area contributed by atoms with E-state index in [0.29, 0.717) is 24.3 Å². The molecule has 0 spiro atoms. The Labute approximate surface area is 234 Å². The van der Waals surface area contributed by atoms with E-state index >= 15 is 0 Å². The summed E-state index contributed by atoms with van der Waals surface area (Å²) in [6.07, 6.45) is -3.10. The number of amides is 3. The number of anilines is 1. The summed E-state index contributed by atoms with van der Waals surface area (Å²) in [6, 6.07) is 10.8. The molecule has 0 radical (unpaired) electrons. The number of benzene rings is 2. The van der Waals surface area contributed by atoms with Gasteiger partial charge in [-0.1, -0.05) is 30.3 Å². The third-order valence-electron chi connectivity index (χ3n) is 7.06. The van der Waals surface area contributed by atoms with E-state index in [0.717, 1.165) is 23.0 Å². The number of hydrogen-bond acceptors (Lipinski definition) is 6. The van der Waals surface area contributed by atoms with Crippen molar-refractivity contribution in [2.45, 2.75) is 49.6 Å². The molecular weight excluding hydrogens is 539 g/mol. The number of halogens is 3. The minimum Gasteiger partial charge on any atom is -0.352 e. The van der Waals surface area contributed by atoms with Crippen molar-refractivity contribution in [1.82, 2.24) is 15.2 Å². The molecule has 1 aliphatic rings. The lowest BCUT2D eigenvalue weighted by Gasteiger charge is -2.22. The van der Waals surface area contributed by atoms with Crippen LogP contribution in [0.3, 0.4) is 0 Å². The maximum atomic E-state index is 13.3. The molecule has 1 saturated heterocycles. The predicted octanol–water partition coefficient (Wildman–Crippen LogP) is 0.807. The number of para-hydroxylation sites is 1. The summed E-state index contributed by atoms with van der Waals surface area (Å²) in [5.41, 5.74) is 16.6. The number of nitrogens with two attached hydrogens (primary N) is 2. The standard InChI is InChI=1S/C28H32F3N7O3/c29-28(30,31)18-7-5-16(6-8-18)11-24(27(41)36-19-12-17-3-1-2-4-23(17)35-13-19)37-26(40)20(32)9-10-25(39)38-14-21(33)22(34)15-38/h1-8,12-13,20-22,24H,9-11,14-15,32-34H2,(H,36,41)(H,37,40)/p+1/t20-,21-,22-,24+/m0/s1. The van der Waals surface area contributed by atoms with Gasteiger partial charge in [0, 0.05) is 24.8 Å². The molecule has 9 N–H and O–H groups in total. The molecule has 0 aliphatic carbocycles. The van der Waals surface area contributed by atoms with Crippen LogP contribution in [0.25, 0.3) is 10.9 Å². The minimum absolute atomic E-state index is 0.00650. The molecule has 3 amide bonds. The number of likely N-dealkylation sites (tertiary alicyclic amines) is 1. The first-order chi connectivity index (χ1) is 19.4. The summed E-state index contributed by atoms with van der Waals surface area (Å²) < 4.78 is 39.0. The van der Waals surface area contributed by atoms with Crippen LogP contribution in [0.15, 0.2) is 60.8 Å². The highest BCUT2D eigenvalue weighted by atomic mass is 19.4. The molecule has 0 saturated carbocycles. The van der Waals surface area contributed by atoms with Crippen molar-refractivity contribution in [2.75, 3.05) is 18.4 Å². The number of pyridine rings is 1. The Kier molecular flexibility index (Phi) is 9.21. The lowest BCUT2D eigenvalue weighted by atomic mass is 10.0. The lowest BCUT2D eigenvalue weighted by Crippen LogP contribution is -2.68. The van der Waals surface area contributed by atoms with Crippen LogP contribution >= 0.6 is 0 Å². The SMILES string of the molecule is N[C@@H](CCC(=O)N1C[C@H](N)[C@@H]([NH3+])C1)C(=O)N[C@H](Cc1ccc(C(F)(F)F)cc1)C(=O)Nc1cnc2ccccc2c1. The van der Waals surface area contributed by atoms with Crippen LogP contribution in [-0.4, -0.2) is 64.9 Å². The van der Waals surface area contributed by atoms with Crippen molar-refractivity contribution >= 4 is 34.3 Å². The summed E-state index contributed by atoms with van der Waals surface area (Å²) in [4.78, 5) is 44.7. The number of carbonyl (C=O) groups excluding carboxylic acids is 3. The number of alkyl halides is 3. The van der Waals surface area contributed by atoms with Crippen LogP contribution in [-0.2, 0) is 27.0 Å². The van der Waals surface area contributed by atoms with Gasteiger partial charge in [0.15, 0.2) is 0 Å². The van der Waals surface area contributed by atoms with Gasteiger partial charge in [0.1, 0.15) is 12.1 Å². The fourth-order valence-electron chi connectivity index (χ4n) is 4.59. The highest BCUT2D eigenvalue weighted by Crippen LogP contribution is 2.29. The quantitative estimate of drug-likeness (QED) is 0.254. The van der Waals surface area contributed by atoms with E-state index in [2.05, 4.69) is 21.4 Å². The highest BCUT2D eigenvalue weighted by Gasteiger charge is 2.33. The van der Waals surface area contributed by atoms with Crippen LogP contribution in [0, 0.1) is 0 Å².